The SMILES string of the molecule is CCN(CC)Cn1c2c3ccccc3ccc2c2c3ccccc3c3ccccc3c21. The van der Waals surface area contributed by atoms with Crippen LogP contribution in [0, 0.1) is 0 Å². The Labute approximate surface area is 182 Å². The topological polar surface area (TPSA) is 8.17 Å². The van der Waals surface area contributed by atoms with Crippen molar-refractivity contribution in [3.05, 3.63) is 84.9 Å². The number of hydrogen-bond donors (Lipinski definition) is 0. The fourth-order valence-corrected chi connectivity index (χ4v) is 5.30. The molecule has 5 aromatic carbocycles. The second kappa shape index (κ2) is 7.11. The van der Waals surface area contributed by atoms with Gasteiger partial charge in [0.1, 0.15) is 0 Å². The van der Waals surface area contributed by atoms with Gasteiger partial charge >= 0.3 is 0 Å². The van der Waals surface area contributed by atoms with Crippen LogP contribution in [0.1, 0.15) is 13.8 Å². The van der Waals surface area contributed by atoms with Crippen LogP contribution in [0.15, 0.2) is 84.9 Å². The summed E-state index contributed by atoms with van der Waals surface area (Å²) in [6.07, 6.45) is 0. The van der Waals surface area contributed by atoms with Crippen LogP contribution in [0.3, 0.4) is 0 Å². The molecule has 2 nitrogen and oxygen atoms in total. The molecular weight excluding hydrogens is 376 g/mol. The second-order valence-electron chi connectivity index (χ2n) is 8.37. The van der Waals surface area contributed by atoms with Gasteiger partial charge in [0.05, 0.1) is 17.7 Å². The van der Waals surface area contributed by atoms with Crippen LogP contribution < -0.4 is 0 Å². The molecule has 0 N–H and O–H groups in total. The molecule has 2 heteroatoms. The lowest BCUT2D eigenvalue weighted by atomic mass is 9.96. The molecule has 1 aromatic heterocycles. The molecule has 0 aliphatic rings. The smallest absolute Gasteiger partial charge is 0.0757 e. The van der Waals surface area contributed by atoms with E-state index >= 15 is 0 Å². The van der Waals surface area contributed by atoms with Gasteiger partial charge in [-0.15, -0.1) is 0 Å². The summed E-state index contributed by atoms with van der Waals surface area (Å²) in [7, 11) is 0. The Morgan fingerprint density at radius 2 is 1.13 bits per heavy atom. The van der Waals surface area contributed by atoms with Crippen LogP contribution in [0.2, 0.25) is 0 Å². The zero-order valence-corrected chi connectivity index (χ0v) is 18.1. The minimum atomic E-state index is 0.892. The van der Waals surface area contributed by atoms with Crippen LogP contribution in [0.5, 0.6) is 0 Å². The molecular formula is C29H26N2. The molecule has 1 heterocycles. The maximum atomic E-state index is 2.58. The predicted molar refractivity (Wildman–Crippen MR) is 135 cm³/mol. The van der Waals surface area contributed by atoms with E-state index < -0.39 is 0 Å². The standard InChI is InChI=1S/C29H26N2/c1-3-30(4-2)19-31-28-21-12-6-5-11-20(21)17-18-26(28)27-24-15-9-7-13-22(24)23-14-8-10-16-25(23)29(27)31/h5-18H,3-4,19H2,1-2H3. The summed E-state index contributed by atoms with van der Waals surface area (Å²) < 4.78 is 2.58. The average molecular weight is 403 g/mol. The molecule has 0 atom stereocenters. The fraction of sp³-hybridized carbons (Fsp3) is 0.172. The number of nitrogens with zero attached hydrogens (tertiary/aromatic N) is 2. The summed E-state index contributed by atoms with van der Waals surface area (Å²) in [5.41, 5.74) is 2.70. The predicted octanol–water partition coefficient (Wildman–Crippen LogP) is 7.55. The quantitative estimate of drug-likeness (QED) is 0.276. The average Bonchev–Trinajstić information content (AvgIpc) is 3.17. The molecule has 31 heavy (non-hydrogen) atoms. The second-order valence-corrected chi connectivity index (χ2v) is 8.37. The highest BCUT2D eigenvalue weighted by atomic mass is 15.2. The van der Waals surface area contributed by atoms with Gasteiger partial charge in [0.2, 0.25) is 0 Å². The van der Waals surface area contributed by atoms with Crippen molar-refractivity contribution < 1.29 is 0 Å². The van der Waals surface area contributed by atoms with Crippen LogP contribution in [0.4, 0.5) is 0 Å². The number of rotatable bonds is 4. The number of hydrogen-bond acceptors (Lipinski definition) is 1. The third kappa shape index (κ3) is 2.62. The largest absolute Gasteiger partial charge is 0.326 e. The van der Waals surface area contributed by atoms with Crippen LogP contribution >= 0.6 is 0 Å². The Morgan fingerprint density at radius 3 is 1.84 bits per heavy atom. The maximum absolute atomic E-state index is 2.58. The highest BCUT2D eigenvalue weighted by Crippen LogP contribution is 2.42. The zero-order chi connectivity index (χ0) is 20.9. The Kier molecular flexibility index (Phi) is 4.22. The first-order valence-corrected chi connectivity index (χ1v) is 11.3. The van der Waals surface area contributed by atoms with Gasteiger partial charge in [-0.1, -0.05) is 98.8 Å². The molecule has 0 amide bonds. The molecule has 0 saturated carbocycles. The molecule has 6 rings (SSSR count). The van der Waals surface area contributed by atoms with E-state index in [1.165, 1.54) is 54.1 Å². The summed E-state index contributed by atoms with van der Waals surface area (Å²) in [6, 6.07) is 31.2. The van der Waals surface area contributed by atoms with Gasteiger partial charge in [-0.3, -0.25) is 4.90 Å². The first kappa shape index (κ1) is 18.4. The van der Waals surface area contributed by atoms with Crippen molar-refractivity contribution in [3.63, 3.8) is 0 Å². The van der Waals surface area contributed by atoms with E-state index in [1.54, 1.807) is 0 Å². The number of aromatic nitrogens is 1. The van der Waals surface area contributed by atoms with E-state index in [4.69, 9.17) is 0 Å². The van der Waals surface area contributed by atoms with Crippen LogP contribution in [-0.4, -0.2) is 22.6 Å². The van der Waals surface area contributed by atoms with E-state index in [2.05, 4.69) is 108 Å². The van der Waals surface area contributed by atoms with Gasteiger partial charge < -0.3 is 4.57 Å². The Bertz CT molecular complexity index is 1590. The van der Waals surface area contributed by atoms with E-state index in [0.29, 0.717) is 0 Å². The molecule has 0 radical (unpaired) electrons. The first-order valence-electron chi connectivity index (χ1n) is 11.3. The van der Waals surface area contributed by atoms with Crippen molar-refractivity contribution >= 4 is 54.1 Å². The van der Waals surface area contributed by atoms with Crippen molar-refractivity contribution in [3.8, 4) is 0 Å². The van der Waals surface area contributed by atoms with Gasteiger partial charge in [0.15, 0.2) is 0 Å². The molecule has 0 spiro atoms. The summed E-state index contributed by atoms with van der Waals surface area (Å²) in [4.78, 5) is 2.50. The van der Waals surface area contributed by atoms with Crippen LogP contribution in [-0.2, 0) is 6.67 Å². The summed E-state index contributed by atoms with van der Waals surface area (Å²) in [6.45, 7) is 7.47. The van der Waals surface area contributed by atoms with Crippen LogP contribution in [0.25, 0.3) is 54.1 Å². The molecule has 0 aliphatic heterocycles. The van der Waals surface area contributed by atoms with Gasteiger partial charge in [-0.05, 0) is 34.6 Å². The monoisotopic (exact) mass is 402 g/mol. The lowest BCUT2D eigenvalue weighted by molar-refractivity contribution is 0.250. The zero-order valence-electron chi connectivity index (χ0n) is 18.1. The van der Waals surface area contributed by atoms with Crippen molar-refractivity contribution in [2.24, 2.45) is 0 Å². The molecule has 0 aliphatic carbocycles. The first-order chi connectivity index (χ1) is 15.3. The maximum Gasteiger partial charge on any atom is 0.0757 e. The number of fused-ring (bicyclic) bond motifs is 10. The Hall–Kier alpha value is -3.36. The molecule has 0 bridgehead atoms. The third-order valence-corrected chi connectivity index (χ3v) is 6.85. The normalized spacial score (nSPS) is 12.2. The van der Waals surface area contributed by atoms with Crippen molar-refractivity contribution in [1.29, 1.82) is 0 Å². The lowest BCUT2D eigenvalue weighted by Crippen LogP contribution is -2.25. The molecule has 0 unspecified atom stereocenters. The molecule has 152 valence electrons. The number of benzene rings is 5. The minimum absolute atomic E-state index is 0.892. The lowest BCUT2D eigenvalue weighted by Gasteiger charge is -2.21. The highest BCUT2D eigenvalue weighted by molar-refractivity contribution is 6.33. The highest BCUT2D eigenvalue weighted by Gasteiger charge is 2.20. The summed E-state index contributed by atoms with van der Waals surface area (Å²) in [5.74, 6) is 0. The molecule has 6 aromatic rings. The Balaban J connectivity index is 1.93. The fourth-order valence-electron chi connectivity index (χ4n) is 5.30. The van der Waals surface area contributed by atoms with Crippen molar-refractivity contribution in [1.82, 2.24) is 9.47 Å². The van der Waals surface area contributed by atoms with Crippen molar-refractivity contribution in [2.45, 2.75) is 20.5 Å². The van der Waals surface area contributed by atoms with Gasteiger partial charge in [-0.25, -0.2) is 0 Å². The van der Waals surface area contributed by atoms with Crippen molar-refractivity contribution in [2.75, 3.05) is 13.1 Å². The summed E-state index contributed by atoms with van der Waals surface area (Å²) >= 11 is 0. The minimum Gasteiger partial charge on any atom is -0.326 e. The van der Waals surface area contributed by atoms with E-state index in [9.17, 15) is 0 Å². The third-order valence-electron chi connectivity index (χ3n) is 6.85. The van der Waals surface area contributed by atoms with Gasteiger partial charge in [0.25, 0.3) is 0 Å². The molecule has 0 fully saturated rings. The van der Waals surface area contributed by atoms with Gasteiger partial charge in [-0.2, -0.15) is 0 Å². The Morgan fingerprint density at radius 1 is 0.548 bits per heavy atom. The van der Waals surface area contributed by atoms with E-state index in [0.717, 1.165) is 19.8 Å². The molecule has 0 saturated heterocycles. The van der Waals surface area contributed by atoms with E-state index in [-0.39, 0.29) is 0 Å². The summed E-state index contributed by atoms with van der Waals surface area (Å²) in [5, 5.41) is 10.7. The van der Waals surface area contributed by atoms with E-state index in [1.807, 2.05) is 0 Å². The van der Waals surface area contributed by atoms with Gasteiger partial charge in [0, 0.05) is 21.5 Å².